The van der Waals surface area contributed by atoms with Crippen LogP contribution in [0.15, 0.2) is 12.4 Å². The molecule has 1 aliphatic carbocycles. The summed E-state index contributed by atoms with van der Waals surface area (Å²) in [5, 5.41) is 7.77. The molecule has 0 unspecified atom stereocenters. The Morgan fingerprint density at radius 1 is 1.32 bits per heavy atom. The minimum Gasteiger partial charge on any atom is -0.314 e. The summed E-state index contributed by atoms with van der Waals surface area (Å²) in [4.78, 5) is 2.39. The van der Waals surface area contributed by atoms with E-state index in [1.807, 2.05) is 17.9 Å². The zero-order chi connectivity index (χ0) is 13.5. The molecule has 0 saturated heterocycles. The number of nitrogens with zero attached hydrogens (tertiary/aromatic N) is 3. The Morgan fingerprint density at radius 2 is 2.11 bits per heavy atom. The van der Waals surface area contributed by atoms with E-state index in [4.69, 9.17) is 0 Å². The predicted molar refractivity (Wildman–Crippen MR) is 79.0 cm³/mol. The number of aromatic nitrogens is 2. The first-order chi connectivity index (χ1) is 9.24. The fourth-order valence-electron chi connectivity index (χ4n) is 2.40. The lowest BCUT2D eigenvalue weighted by molar-refractivity contribution is 0.316. The zero-order valence-electron chi connectivity index (χ0n) is 12.4. The summed E-state index contributed by atoms with van der Waals surface area (Å²) in [5.74, 6) is 0. The van der Waals surface area contributed by atoms with Gasteiger partial charge in [-0.2, -0.15) is 5.10 Å². The van der Waals surface area contributed by atoms with Crippen LogP contribution in [0.1, 0.15) is 44.1 Å². The second-order valence-corrected chi connectivity index (χ2v) is 5.90. The lowest BCUT2D eigenvalue weighted by Crippen LogP contribution is -2.19. The molecule has 0 aromatic carbocycles. The van der Waals surface area contributed by atoms with E-state index in [1.54, 1.807) is 0 Å². The smallest absolute Gasteiger partial charge is 0.0534 e. The van der Waals surface area contributed by atoms with Crippen LogP contribution in [0.25, 0.3) is 0 Å². The standard InChI is InChI=1S/C15H28N4/c1-18(12-14-11-17-19(2)13-14)10-6-4-3-5-9-16-15-7-8-15/h11,13,15-16H,3-10,12H2,1-2H3. The second kappa shape index (κ2) is 7.65. The Morgan fingerprint density at radius 3 is 2.79 bits per heavy atom. The number of hydrogen-bond acceptors (Lipinski definition) is 3. The number of unbranched alkanes of at least 4 members (excludes halogenated alkanes) is 3. The van der Waals surface area contributed by atoms with Gasteiger partial charge in [0.2, 0.25) is 0 Å². The molecule has 19 heavy (non-hydrogen) atoms. The molecule has 4 heteroatoms. The Balaban J connectivity index is 1.43. The average molecular weight is 264 g/mol. The first kappa shape index (κ1) is 14.5. The highest BCUT2D eigenvalue weighted by atomic mass is 15.2. The first-order valence-corrected chi connectivity index (χ1v) is 7.63. The summed E-state index contributed by atoms with van der Waals surface area (Å²) in [6.07, 6.45) is 12.2. The Labute approximate surface area is 117 Å². The van der Waals surface area contributed by atoms with E-state index in [0.29, 0.717) is 0 Å². The van der Waals surface area contributed by atoms with Crippen molar-refractivity contribution in [3.8, 4) is 0 Å². The largest absolute Gasteiger partial charge is 0.314 e. The van der Waals surface area contributed by atoms with Crippen LogP contribution in [0, 0.1) is 0 Å². The van der Waals surface area contributed by atoms with Gasteiger partial charge < -0.3 is 10.2 Å². The normalized spacial score (nSPS) is 15.3. The first-order valence-electron chi connectivity index (χ1n) is 7.63. The molecular formula is C15H28N4. The number of aryl methyl sites for hydroxylation is 1. The van der Waals surface area contributed by atoms with E-state index >= 15 is 0 Å². The molecule has 0 aliphatic heterocycles. The molecule has 0 atom stereocenters. The summed E-state index contributed by atoms with van der Waals surface area (Å²) in [7, 11) is 4.17. The Kier molecular flexibility index (Phi) is 5.86. The molecule has 4 nitrogen and oxygen atoms in total. The predicted octanol–water partition coefficient (Wildman–Crippen LogP) is 2.16. The van der Waals surface area contributed by atoms with Gasteiger partial charge in [-0.3, -0.25) is 4.68 Å². The van der Waals surface area contributed by atoms with E-state index in [9.17, 15) is 0 Å². The van der Waals surface area contributed by atoms with Crippen LogP contribution >= 0.6 is 0 Å². The molecule has 0 spiro atoms. The Bertz CT molecular complexity index is 357. The van der Waals surface area contributed by atoms with Crippen LogP contribution in [0.4, 0.5) is 0 Å². The highest BCUT2D eigenvalue weighted by Gasteiger charge is 2.19. The molecule has 1 N–H and O–H groups in total. The third-order valence-electron chi connectivity index (χ3n) is 3.69. The van der Waals surface area contributed by atoms with Crippen molar-refractivity contribution < 1.29 is 0 Å². The quantitative estimate of drug-likeness (QED) is 0.657. The van der Waals surface area contributed by atoms with Crippen molar-refractivity contribution in [1.29, 1.82) is 0 Å². The maximum Gasteiger partial charge on any atom is 0.0534 e. The van der Waals surface area contributed by atoms with Crippen molar-refractivity contribution in [2.75, 3.05) is 20.1 Å². The molecule has 108 valence electrons. The topological polar surface area (TPSA) is 33.1 Å². The van der Waals surface area contributed by atoms with E-state index in [2.05, 4.69) is 28.6 Å². The fraction of sp³-hybridized carbons (Fsp3) is 0.800. The lowest BCUT2D eigenvalue weighted by Gasteiger charge is -2.15. The molecule has 1 aromatic heterocycles. The molecular weight excluding hydrogens is 236 g/mol. The van der Waals surface area contributed by atoms with Crippen LogP contribution in [-0.4, -0.2) is 40.9 Å². The minimum absolute atomic E-state index is 0.866. The molecule has 0 amide bonds. The summed E-state index contributed by atoms with van der Waals surface area (Å²) in [6.45, 7) is 3.41. The molecule has 0 radical (unpaired) electrons. The monoisotopic (exact) mass is 264 g/mol. The molecule has 1 fully saturated rings. The molecule has 1 aliphatic rings. The van der Waals surface area contributed by atoms with Gasteiger partial charge in [-0.1, -0.05) is 12.8 Å². The molecule has 0 bridgehead atoms. The molecule has 1 heterocycles. The van der Waals surface area contributed by atoms with Gasteiger partial charge in [-0.05, 0) is 45.8 Å². The zero-order valence-corrected chi connectivity index (χ0v) is 12.4. The highest BCUT2D eigenvalue weighted by Crippen LogP contribution is 2.18. The van der Waals surface area contributed by atoms with E-state index < -0.39 is 0 Å². The van der Waals surface area contributed by atoms with Gasteiger partial charge in [-0.15, -0.1) is 0 Å². The minimum atomic E-state index is 0.866. The van der Waals surface area contributed by atoms with Crippen LogP contribution < -0.4 is 5.32 Å². The molecule has 2 rings (SSSR count). The van der Waals surface area contributed by atoms with Gasteiger partial charge in [0.1, 0.15) is 0 Å². The van der Waals surface area contributed by atoms with Gasteiger partial charge in [-0.25, -0.2) is 0 Å². The van der Waals surface area contributed by atoms with Gasteiger partial charge in [0.15, 0.2) is 0 Å². The van der Waals surface area contributed by atoms with Crippen LogP contribution in [-0.2, 0) is 13.6 Å². The summed E-state index contributed by atoms with van der Waals surface area (Å²) in [5.41, 5.74) is 1.30. The van der Waals surface area contributed by atoms with Crippen molar-refractivity contribution >= 4 is 0 Å². The highest BCUT2D eigenvalue weighted by molar-refractivity contribution is 5.02. The average Bonchev–Trinajstić information content (AvgIpc) is 3.11. The van der Waals surface area contributed by atoms with Gasteiger partial charge in [0, 0.05) is 31.4 Å². The van der Waals surface area contributed by atoms with Crippen molar-refractivity contribution in [3.63, 3.8) is 0 Å². The van der Waals surface area contributed by atoms with E-state index in [1.165, 1.54) is 57.2 Å². The number of hydrogen-bond donors (Lipinski definition) is 1. The maximum atomic E-state index is 4.20. The molecule has 1 saturated carbocycles. The van der Waals surface area contributed by atoms with Crippen molar-refractivity contribution in [2.45, 2.75) is 51.1 Å². The van der Waals surface area contributed by atoms with Gasteiger partial charge in [0.05, 0.1) is 6.20 Å². The summed E-state index contributed by atoms with van der Waals surface area (Å²) < 4.78 is 1.87. The SMILES string of the molecule is CN(CCCCCCNC1CC1)Cc1cnn(C)c1. The van der Waals surface area contributed by atoms with E-state index in [-0.39, 0.29) is 0 Å². The Hall–Kier alpha value is -0.870. The number of rotatable bonds is 10. The third kappa shape index (κ3) is 6.21. The van der Waals surface area contributed by atoms with E-state index in [0.717, 1.165) is 12.6 Å². The van der Waals surface area contributed by atoms with Crippen LogP contribution in [0.5, 0.6) is 0 Å². The molecule has 1 aromatic rings. The summed E-state index contributed by atoms with van der Waals surface area (Å²) >= 11 is 0. The number of nitrogens with one attached hydrogen (secondary N) is 1. The van der Waals surface area contributed by atoms with Gasteiger partial charge >= 0.3 is 0 Å². The van der Waals surface area contributed by atoms with Crippen molar-refractivity contribution in [2.24, 2.45) is 7.05 Å². The van der Waals surface area contributed by atoms with Gasteiger partial charge in [0.25, 0.3) is 0 Å². The van der Waals surface area contributed by atoms with Crippen molar-refractivity contribution in [3.05, 3.63) is 18.0 Å². The second-order valence-electron chi connectivity index (χ2n) is 5.90. The summed E-state index contributed by atoms with van der Waals surface area (Å²) in [6, 6.07) is 0.866. The van der Waals surface area contributed by atoms with Crippen LogP contribution in [0.3, 0.4) is 0 Å². The third-order valence-corrected chi connectivity index (χ3v) is 3.69. The maximum absolute atomic E-state index is 4.20. The van der Waals surface area contributed by atoms with Crippen molar-refractivity contribution in [1.82, 2.24) is 20.0 Å². The van der Waals surface area contributed by atoms with Crippen LogP contribution in [0.2, 0.25) is 0 Å². The lowest BCUT2D eigenvalue weighted by atomic mass is 10.2. The fourth-order valence-corrected chi connectivity index (χ4v) is 2.40.